The Labute approximate surface area is 231 Å². The van der Waals surface area contributed by atoms with E-state index in [1.54, 1.807) is 48.5 Å². The summed E-state index contributed by atoms with van der Waals surface area (Å²) in [6.45, 7) is 9.45. The van der Waals surface area contributed by atoms with Crippen LogP contribution in [0.5, 0.6) is 0 Å². The Balaban J connectivity index is 1.97. The summed E-state index contributed by atoms with van der Waals surface area (Å²) in [5.74, 6) is -1.23. The molecule has 0 aliphatic carbocycles. The van der Waals surface area contributed by atoms with Crippen LogP contribution in [0.15, 0.2) is 83.6 Å². The fraction of sp³-hybridized carbons (Fsp3) is 0.345. The highest BCUT2D eigenvalue weighted by atomic mass is 32.2. The Bertz CT molecular complexity index is 1050. The zero-order chi connectivity index (χ0) is 28.5. The monoisotopic (exact) mass is 558 g/mol. The molecule has 38 heavy (non-hydrogen) atoms. The zero-order valence-electron chi connectivity index (χ0n) is 21.5. The van der Waals surface area contributed by atoms with Gasteiger partial charge >= 0.3 is 0 Å². The van der Waals surface area contributed by atoms with Crippen molar-refractivity contribution in [3.63, 3.8) is 0 Å². The number of benzene rings is 2. The summed E-state index contributed by atoms with van der Waals surface area (Å²) >= 11 is 2.59. The van der Waals surface area contributed by atoms with Crippen LogP contribution in [-0.2, 0) is 27.2 Å². The van der Waals surface area contributed by atoms with Crippen molar-refractivity contribution in [3.8, 4) is 0 Å². The lowest BCUT2D eigenvalue weighted by Crippen LogP contribution is -2.52. The van der Waals surface area contributed by atoms with Gasteiger partial charge in [0.1, 0.15) is 23.4 Å². The number of Topliss-reactive ketones (excluding diaryl/α,β-unsaturated/α-hetero) is 1. The Morgan fingerprint density at radius 1 is 0.737 bits per heavy atom. The molecule has 2 aromatic rings. The number of carbonyl (C=O) groups excluding carboxylic acids is 3. The van der Waals surface area contributed by atoms with Crippen LogP contribution in [0.1, 0.15) is 25.0 Å². The van der Waals surface area contributed by atoms with Gasteiger partial charge in [0.15, 0.2) is 17.3 Å². The minimum absolute atomic E-state index is 0.00810. The van der Waals surface area contributed by atoms with E-state index in [-0.39, 0.29) is 24.3 Å². The second kappa shape index (κ2) is 14.0. The molecule has 4 N–H and O–H groups in total. The van der Waals surface area contributed by atoms with E-state index in [1.807, 2.05) is 0 Å². The molecule has 0 aliphatic heterocycles. The minimum atomic E-state index is -1.83. The van der Waals surface area contributed by atoms with Gasteiger partial charge in [0.05, 0.1) is 0 Å². The molecule has 2 rings (SSSR count). The van der Waals surface area contributed by atoms with Gasteiger partial charge in [-0.25, -0.2) is 0 Å². The third-order valence-electron chi connectivity index (χ3n) is 5.80. The van der Waals surface area contributed by atoms with Gasteiger partial charge in [-0.15, -0.1) is 23.5 Å². The van der Waals surface area contributed by atoms with Crippen LogP contribution in [0.2, 0.25) is 0 Å². The molecule has 0 spiro atoms. The van der Waals surface area contributed by atoms with E-state index in [0.29, 0.717) is 11.1 Å². The van der Waals surface area contributed by atoms with E-state index in [1.165, 1.54) is 37.4 Å². The molecule has 0 aromatic heterocycles. The zero-order valence-corrected chi connectivity index (χ0v) is 23.1. The first kappa shape index (κ1) is 31.7. The van der Waals surface area contributed by atoms with Gasteiger partial charge in [-0.3, -0.25) is 14.4 Å². The maximum Gasteiger partial charge on any atom is 0.195 e. The quantitative estimate of drug-likeness (QED) is 0.181. The molecule has 0 heterocycles. The van der Waals surface area contributed by atoms with Crippen LogP contribution in [0.25, 0.3) is 0 Å². The highest BCUT2D eigenvalue weighted by Gasteiger charge is 2.42. The van der Waals surface area contributed by atoms with Gasteiger partial charge in [-0.2, -0.15) is 0 Å². The summed E-state index contributed by atoms with van der Waals surface area (Å²) in [6.07, 6.45) is -0.112. The van der Waals surface area contributed by atoms with E-state index in [2.05, 4.69) is 13.2 Å². The molecule has 4 atom stereocenters. The topological polar surface area (TPSA) is 132 Å². The van der Waals surface area contributed by atoms with Crippen LogP contribution in [0.3, 0.4) is 0 Å². The highest BCUT2D eigenvalue weighted by molar-refractivity contribution is 7.99. The molecule has 0 amide bonds. The average molecular weight is 559 g/mol. The Morgan fingerprint density at radius 2 is 1.05 bits per heavy atom. The minimum Gasteiger partial charge on any atom is -0.384 e. The molecule has 0 fully saturated rings. The molecular weight excluding hydrogens is 524 g/mol. The maximum absolute atomic E-state index is 13.1. The fourth-order valence-electron chi connectivity index (χ4n) is 3.73. The normalized spacial score (nSPS) is 15.9. The first-order chi connectivity index (χ1) is 17.8. The van der Waals surface area contributed by atoms with Crippen LogP contribution in [-0.4, -0.2) is 72.7 Å². The van der Waals surface area contributed by atoms with Crippen molar-refractivity contribution < 1.29 is 34.8 Å². The van der Waals surface area contributed by atoms with E-state index in [4.69, 9.17) is 0 Å². The van der Waals surface area contributed by atoms with Gasteiger partial charge in [-0.1, -0.05) is 37.4 Å². The van der Waals surface area contributed by atoms with Crippen molar-refractivity contribution in [2.75, 3.05) is 11.5 Å². The number of carbonyl (C=O) groups is 3. The fourth-order valence-corrected chi connectivity index (χ4v) is 5.42. The van der Waals surface area contributed by atoms with Crippen LogP contribution in [0, 0.1) is 0 Å². The van der Waals surface area contributed by atoms with Crippen molar-refractivity contribution in [3.05, 3.63) is 85.0 Å². The predicted octanol–water partition coefficient (Wildman–Crippen LogP) is 2.96. The molecule has 2 aromatic carbocycles. The largest absolute Gasteiger partial charge is 0.384 e. The highest BCUT2D eigenvalue weighted by Crippen LogP contribution is 2.27. The molecule has 7 nitrogen and oxygen atoms in total. The summed E-state index contributed by atoms with van der Waals surface area (Å²) in [4.78, 5) is 37.6. The molecule has 0 aliphatic rings. The first-order valence-corrected chi connectivity index (χ1v) is 13.9. The lowest BCUT2D eigenvalue weighted by Gasteiger charge is -2.31. The Hall–Kier alpha value is -2.53. The number of thioether (sulfide) groups is 2. The van der Waals surface area contributed by atoms with Crippen molar-refractivity contribution >= 4 is 40.9 Å². The second-order valence-electron chi connectivity index (χ2n) is 9.38. The summed E-state index contributed by atoms with van der Waals surface area (Å²) in [5, 5.41) is 41.4. The number of aliphatic hydroxyl groups excluding tert-OH is 2. The molecule has 0 bridgehead atoms. The van der Waals surface area contributed by atoms with Gasteiger partial charge in [0.25, 0.3) is 0 Å². The van der Waals surface area contributed by atoms with Crippen molar-refractivity contribution in [1.29, 1.82) is 0 Å². The second-order valence-corrected chi connectivity index (χ2v) is 11.6. The summed E-state index contributed by atoms with van der Waals surface area (Å²) in [5.41, 5.74) is -2.28. The lowest BCUT2D eigenvalue weighted by atomic mass is 9.80. The third-order valence-corrected chi connectivity index (χ3v) is 7.97. The third kappa shape index (κ3) is 9.34. The standard InChI is InChI=1S/C29H34O7S2/c1-5-23(30)25(32)17-37-21-11-7-19(8-12-21)15-28(3,35)27(34)29(4,36)16-20-9-13-22(14-10-20)38-18-26(33)24(31)6-2/h5-14,25-26,32-33,35-36H,1-2,15-18H2,3-4H3. The lowest BCUT2D eigenvalue weighted by molar-refractivity contribution is -0.153. The molecule has 4 unspecified atom stereocenters. The average Bonchev–Trinajstić information content (AvgIpc) is 2.90. The molecule has 9 heteroatoms. The summed E-state index contributed by atoms with van der Waals surface area (Å²) in [7, 11) is 0. The Morgan fingerprint density at radius 3 is 1.34 bits per heavy atom. The molecule has 0 radical (unpaired) electrons. The number of rotatable bonds is 16. The van der Waals surface area contributed by atoms with Gasteiger partial charge in [0, 0.05) is 34.1 Å². The van der Waals surface area contributed by atoms with Crippen molar-refractivity contribution in [2.24, 2.45) is 0 Å². The van der Waals surface area contributed by atoms with E-state index >= 15 is 0 Å². The van der Waals surface area contributed by atoms with Crippen LogP contribution in [0.4, 0.5) is 0 Å². The first-order valence-electron chi connectivity index (χ1n) is 11.9. The SMILES string of the molecule is C=CC(=O)C(O)CSc1ccc(CC(C)(O)C(=O)C(C)(O)Cc2ccc(SCC(O)C(=O)C=C)cc2)cc1. The predicted molar refractivity (Wildman–Crippen MR) is 150 cm³/mol. The number of hydrogen-bond acceptors (Lipinski definition) is 9. The van der Waals surface area contributed by atoms with Gasteiger partial charge in [0.2, 0.25) is 0 Å². The summed E-state index contributed by atoms with van der Waals surface area (Å²) in [6, 6.07) is 14.1. The maximum atomic E-state index is 13.1. The van der Waals surface area contributed by atoms with E-state index in [9.17, 15) is 34.8 Å². The van der Waals surface area contributed by atoms with Crippen LogP contribution >= 0.6 is 23.5 Å². The molecule has 0 saturated heterocycles. The Kier molecular flexibility index (Phi) is 11.7. The van der Waals surface area contributed by atoms with E-state index < -0.39 is 40.8 Å². The summed E-state index contributed by atoms with van der Waals surface area (Å²) < 4.78 is 0. The van der Waals surface area contributed by atoms with Gasteiger partial charge in [-0.05, 0) is 61.4 Å². The number of ketones is 3. The number of aliphatic hydroxyl groups is 4. The molecular formula is C29H34O7S2. The van der Waals surface area contributed by atoms with Crippen molar-refractivity contribution in [1.82, 2.24) is 0 Å². The molecule has 204 valence electrons. The van der Waals surface area contributed by atoms with Crippen LogP contribution < -0.4 is 0 Å². The smallest absolute Gasteiger partial charge is 0.195 e. The van der Waals surface area contributed by atoms with E-state index in [0.717, 1.165) is 21.9 Å². The number of hydrogen-bond donors (Lipinski definition) is 4. The van der Waals surface area contributed by atoms with Gasteiger partial charge < -0.3 is 20.4 Å². The molecule has 0 saturated carbocycles. The van der Waals surface area contributed by atoms with Crippen molar-refractivity contribution in [2.45, 2.75) is 59.9 Å².